The molecule has 0 radical (unpaired) electrons. The molecular formula is C16H19N5OS. The molecule has 2 aromatic heterocycles. The van der Waals surface area contributed by atoms with Crippen molar-refractivity contribution in [2.24, 2.45) is 0 Å². The van der Waals surface area contributed by atoms with Crippen molar-refractivity contribution >= 4 is 17.2 Å². The minimum absolute atomic E-state index is 0.107. The van der Waals surface area contributed by atoms with Gasteiger partial charge in [0.1, 0.15) is 18.4 Å². The summed E-state index contributed by atoms with van der Waals surface area (Å²) >= 11 is 1.61. The molecule has 0 bridgehead atoms. The molecule has 0 spiro atoms. The highest BCUT2D eigenvalue weighted by Gasteiger charge is 2.27. The van der Waals surface area contributed by atoms with E-state index < -0.39 is 0 Å². The maximum atomic E-state index is 12.4. The number of amides is 1. The van der Waals surface area contributed by atoms with Gasteiger partial charge in [0.2, 0.25) is 5.91 Å². The summed E-state index contributed by atoms with van der Waals surface area (Å²) in [4.78, 5) is 21.6. The molecule has 1 aliphatic rings. The molecule has 1 saturated heterocycles. The lowest BCUT2D eigenvalue weighted by atomic mass is 10.2. The molecular weight excluding hydrogens is 310 g/mol. The molecule has 23 heavy (non-hydrogen) atoms. The van der Waals surface area contributed by atoms with E-state index in [4.69, 9.17) is 0 Å². The van der Waals surface area contributed by atoms with Crippen molar-refractivity contribution in [3.8, 4) is 6.07 Å². The summed E-state index contributed by atoms with van der Waals surface area (Å²) in [6.45, 7) is 5.00. The van der Waals surface area contributed by atoms with Crippen molar-refractivity contribution in [1.29, 1.82) is 5.26 Å². The van der Waals surface area contributed by atoms with Gasteiger partial charge in [-0.1, -0.05) is 6.07 Å². The molecule has 2 aromatic rings. The molecule has 120 valence electrons. The van der Waals surface area contributed by atoms with Crippen LogP contribution in [0.1, 0.15) is 16.7 Å². The first-order valence-corrected chi connectivity index (χ1v) is 8.49. The van der Waals surface area contributed by atoms with Crippen LogP contribution in [0.15, 0.2) is 29.9 Å². The van der Waals surface area contributed by atoms with Gasteiger partial charge in [-0.3, -0.25) is 9.69 Å². The average molecular weight is 329 g/mol. The minimum atomic E-state index is -0.205. The number of nitrogens with zero attached hydrogens (tertiary/aromatic N) is 5. The maximum Gasteiger partial charge on any atom is 0.242 e. The zero-order chi connectivity index (χ0) is 16.2. The number of nitriles is 1. The van der Waals surface area contributed by atoms with Gasteiger partial charge < -0.3 is 9.47 Å². The fourth-order valence-electron chi connectivity index (χ4n) is 2.82. The van der Waals surface area contributed by atoms with Gasteiger partial charge in [0, 0.05) is 43.4 Å². The first-order chi connectivity index (χ1) is 11.2. The van der Waals surface area contributed by atoms with Crippen LogP contribution in [0.5, 0.6) is 0 Å². The molecule has 1 unspecified atom stereocenters. The van der Waals surface area contributed by atoms with E-state index in [-0.39, 0.29) is 11.9 Å². The SMILES string of the molecule is Cc1nccn1CC(=O)N1CCN(C(C#N)c2cccs2)CC1. The fraction of sp³-hybridized carbons (Fsp3) is 0.438. The molecule has 3 rings (SSSR count). The Bertz CT molecular complexity index is 694. The van der Waals surface area contributed by atoms with Crippen LogP contribution in [0.4, 0.5) is 0 Å². The largest absolute Gasteiger partial charge is 0.339 e. The van der Waals surface area contributed by atoms with Crippen LogP contribution in [0, 0.1) is 18.3 Å². The number of carbonyl (C=O) groups excluding carboxylic acids is 1. The van der Waals surface area contributed by atoms with Gasteiger partial charge in [-0.25, -0.2) is 4.98 Å². The first kappa shape index (κ1) is 15.7. The van der Waals surface area contributed by atoms with Crippen LogP contribution in [0.3, 0.4) is 0 Å². The van der Waals surface area contributed by atoms with Crippen LogP contribution in [-0.2, 0) is 11.3 Å². The van der Waals surface area contributed by atoms with Crippen molar-refractivity contribution in [2.75, 3.05) is 26.2 Å². The highest BCUT2D eigenvalue weighted by Crippen LogP contribution is 2.25. The summed E-state index contributed by atoms with van der Waals surface area (Å²) in [6.07, 6.45) is 3.53. The Labute approximate surface area is 139 Å². The number of hydrogen-bond donors (Lipinski definition) is 0. The molecule has 1 fully saturated rings. The third kappa shape index (κ3) is 3.44. The van der Waals surface area contributed by atoms with Crippen LogP contribution < -0.4 is 0 Å². The van der Waals surface area contributed by atoms with Crippen molar-refractivity contribution in [2.45, 2.75) is 19.5 Å². The zero-order valence-corrected chi connectivity index (χ0v) is 13.9. The number of aryl methyl sites for hydroxylation is 1. The van der Waals surface area contributed by atoms with Crippen molar-refractivity contribution in [3.05, 3.63) is 40.6 Å². The predicted molar refractivity (Wildman–Crippen MR) is 87.8 cm³/mol. The molecule has 0 aliphatic carbocycles. The number of piperazine rings is 1. The molecule has 0 saturated carbocycles. The van der Waals surface area contributed by atoms with E-state index in [2.05, 4.69) is 16.0 Å². The highest BCUT2D eigenvalue weighted by molar-refractivity contribution is 7.10. The summed E-state index contributed by atoms with van der Waals surface area (Å²) < 4.78 is 1.86. The Hall–Kier alpha value is -2.17. The van der Waals surface area contributed by atoms with Gasteiger partial charge >= 0.3 is 0 Å². The number of hydrogen-bond acceptors (Lipinski definition) is 5. The molecule has 1 amide bonds. The number of aromatic nitrogens is 2. The maximum absolute atomic E-state index is 12.4. The number of imidazole rings is 1. The number of rotatable bonds is 4. The second-order valence-electron chi connectivity index (χ2n) is 5.57. The molecule has 1 aliphatic heterocycles. The van der Waals surface area contributed by atoms with E-state index in [9.17, 15) is 10.1 Å². The van der Waals surface area contributed by atoms with Gasteiger partial charge in [0.05, 0.1) is 6.07 Å². The lowest BCUT2D eigenvalue weighted by Gasteiger charge is -2.36. The number of thiophene rings is 1. The van der Waals surface area contributed by atoms with Crippen molar-refractivity contribution in [1.82, 2.24) is 19.4 Å². The van der Waals surface area contributed by atoms with Crippen LogP contribution in [0.2, 0.25) is 0 Å². The van der Waals surface area contributed by atoms with Gasteiger partial charge in [0.25, 0.3) is 0 Å². The Balaban J connectivity index is 1.57. The quantitative estimate of drug-likeness (QED) is 0.856. The number of carbonyl (C=O) groups is 1. The summed E-state index contributed by atoms with van der Waals surface area (Å²) in [5, 5.41) is 11.4. The third-order valence-electron chi connectivity index (χ3n) is 4.20. The van der Waals surface area contributed by atoms with Gasteiger partial charge in [0.15, 0.2) is 0 Å². The molecule has 0 N–H and O–H groups in total. The summed E-state index contributed by atoms with van der Waals surface area (Å²) in [5.74, 6) is 0.953. The summed E-state index contributed by atoms with van der Waals surface area (Å²) in [6, 6.07) is 6.14. The Morgan fingerprint density at radius 1 is 1.43 bits per heavy atom. The van der Waals surface area contributed by atoms with E-state index in [1.165, 1.54) is 0 Å². The topological polar surface area (TPSA) is 65.2 Å². The fourth-order valence-corrected chi connectivity index (χ4v) is 3.62. The van der Waals surface area contributed by atoms with Crippen molar-refractivity contribution in [3.63, 3.8) is 0 Å². The second-order valence-corrected chi connectivity index (χ2v) is 6.55. The summed E-state index contributed by atoms with van der Waals surface area (Å²) in [5.41, 5.74) is 0. The highest BCUT2D eigenvalue weighted by atomic mass is 32.1. The zero-order valence-electron chi connectivity index (χ0n) is 13.1. The van der Waals surface area contributed by atoms with E-state index in [1.807, 2.05) is 40.1 Å². The van der Waals surface area contributed by atoms with Crippen LogP contribution in [-0.4, -0.2) is 51.4 Å². The normalized spacial score (nSPS) is 17.0. The van der Waals surface area contributed by atoms with Gasteiger partial charge in [-0.2, -0.15) is 5.26 Å². The molecule has 7 heteroatoms. The van der Waals surface area contributed by atoms with E-state index >= 15 is 0 Å². The summed E-state index contributed by atoms with van der Waals surface area (Å²) in [7, 11) is 0. The average Bonchev–Trinajstić information content (AvgIpc) is 3.22. The van der Waals surface area contributed by atoms with Gasteiger partial charge in [-0.05, 0) is 18.4 Å². The molecule has 0 aromatic carbocycles. The van der Waals surface area contributed by atoms with Crippen molar-refractivity contribution < 1.29 is 4.79 Å². The van der Waals surface area contributed by atoms with E-state index in [0.29, 0.717) is 19.6 Å². The Morgan fingerprint density at radius 3 is 2.78 bits per heavy atom. The Kier molecular flexibility index (Phi) is 4.74. The van der Waals surface area contributed by atoms with Crippen LogP contribution in [0.25, 0.3) is 0 Å². The monoisotopic (exact) mass is 329 g/mol. The van der Waals surface area contributed by atoms with Gasteiger partial charge in [-0.15, -0.1) is 11.3 Å². The lowest BCUT2D eigenvalue weighted by molar-refractivity contribution is -0.133. The standard InChI is InChI=1S/C16H19N5OS/c1-13-18-4-5-21(13)12-16(22)20-8-6-19(7-9-20)14(11-17)15-3-2-10-23-15/h2-5,10,14H,6-9,12H2,1H3. The lowest BCUT2D eigenvalue weighted by Crippen LogP contribution is -2.50. The minimum Gasteiger partial charge on any atom is -0.339 e. The smallest absolute Gasteiger partial charge is 0.242 e. The van der Waals surface area contributed by atoms with E-state index in [0.717, 1.165) is 23.8 Å². The molecule has 3 heterocycles. The molecule has 1 atom stereocenters. The second kappa shape index (κ2) is 6.94. The predicted octanol–water partition coefficient (Wildman–Crippen LogP) is 1.66. The molecule has 6 nitrogen and oxygen atoms in total. The first-order valence-electron chi connectivity index (χ1n) is 7.61. The van der Waals surface area contributed by atoms with E-state index in [1.54, 1.807) is 17.5 Å². The Morgan fingerprint density at radius 2 is 2.22 bits per heavy atom. The van der Waals surface area contributed by atoms with Crippen LogP contribution >= 0.6 is 11.3 Å². The third-order valence-corrected chi connectivity index (χ3v) is 5.12.